The predicted octanol–water partition coefficient (Wildman–Crippen LogP) is 2.52. The summed E-state index contributed by atoms with van der Waals surface area (Å²) in [4.78, 5) is 42.0. The second-order valence-corrected chi connectivity index (χ2v) is 11.0. The van der Waals surface area contributed by atoms with Crippen molar-refractivity contribution in [2.45, 2.75) is 55.2 Å². The monoisotopic (exact) mass is 479 g/mol. The number of hydrogen-bond acceptors (Lipinski definition) is 5. The van der Waals surface area contributed by atoms with Crippen molar-refractivity contribution in [2.24, 2.45) is 17.8 Å². The average molecular weight is 480 g/mol. The molecular weight excluding hydrogens is 450 g/mol. The van der Waals surface area contributed by atoms with Gasteiger partial charge >= 0.3 is 0 Å². The van der Waals surface area contributed by atoms with E-state index in [-0.39, 0.29) is 35.5 Å². The van der Waals surface area contributed by atoms with Gasteiger partial charge in [0.25, 0.3) is 0 Å². The molecule has 3 fully saturated rings. The van der Waals surface area contributed by atoms with Gasteiger partial charge in [0.05, 0.1) is 39.9 Å². The Labute approximate surface area is 197 Å². The number of hydrogen-bond donors (Lipinski definition) is 3. The lowest BCUT2D eigenvalue weighted by Crippen LogP contribution is -2.56. The second kappa shape index (κ2) is 8.88. The Morgan fingerprint density at radius 2 is 2.06 bits per heavy atom. The van der Waals surface area contributed by atoms with E-state index in [1.165, 1.54) is 0 Å². The van der Waals surface area contributed by atoms with Crippen molar-refractivity contribution in [3.8, 4) is 0 Å². The maximum absolute atomic E-state index is 13.9. The summed E-state index contributed by atoms with van der Waals surface area (Å²) in [6, 6.07) is 5.70. The first-order valence-electron chi connectivity index (χ1n) is 11.2. The highest BCUT2D eigenvalue weighted by Gasteiger charge is 2.74. The van der Waals surface area contributed by atoms with E-state index in [1.807, 2.05) is 13.8 Å². The fourth-order valence-electron chi connectivity index (χ4n) is 5.79. The topological polar surface area (TPSA) is 98.7 Å². The molecule has 2 unspecified atom stereocenters. The molecule has 3 amide bonds. The van der Waals surface area contributed by atoms with Crippen LogP contribution in [0.15, 0.2) is 24.3 Å². The number of amides is 3. The van der Waals surface area contributed by atoms with Gasteiger partial charge < -0.3 is 20.6 Å². The third kappa shape index (κ3) is 3.42. The van der Waals surface area contributed by atoms with Crippen molar-refractivity contribution < 1.29 is 19.5 Å². The SMILES string of the molecule is CC[C@H](C)[C@H](CO)N1C(=O)[C@@H]2[C@@H](C(=O)NC)[C@H]3CCC2(S3)C1C(=O)Nc1ccccc1Cl. The van der Waals surface area contributed by atoms with E-state index in [0.717, 1.165) is 12.8 Å². The highest BCUT2D eigenvalue weighted by molar-refractivity contribution is 8.02. The van der Waals surface area contributed by atoms with E-state index < -0.39 is 28.7 Å². The smallest absolute Gasteiger partial charge is 0.248 e. The summed E-state index contributed by atoms with van der Waals surface area (Å²) < 4.78 is -0.689. The number of thioether (sulfide) groups is 1. The van der Waals surface area contributed by atoms with Crippen LogP contribution < -0.4 is 10.6 Å². The molecule has 0 radical (unpaired) electrons. The van der Waals surface area contributed by atoms with Crippen LogP contribution in [0.2, 0.25) is 5.02 Å². The van der Waals surface area contributed by atoms with Gasteiger partial charge in [-0.25, -0.2) is 0 Å². The van der Waals surface area contributed by atoms with Gasteiger partial charge in [-0.2, -0.15) is 0 Å². The highest BCUT2D eigenvalue weighted by Crippen LogP contribution is 2.66. The molecular formula is C23H30ClN3O4S. The van der Waals surface area contributed by atoms with Crippen LogP contribution in [0.3, 0.4) is 0 Å². The molecule has 7 nitrogen and oxygen atoms in total. The van der Waals surface area contributed by atoms with Gasteiger partial charge in [0.15, 0.2) is 0 Å². The molecule has 1 aromatic rings. The number of carbonyl (C=O) groups excluding carboxylic acids is 3. The normalized spacial score (nSPS) is 32.5. The van der Waals surface area contributed by atoms with Gasteiger partial charge in [0, 0.05) is 12.3 Å². The van der Waals surface area contributed by atoms with Crippen LogP contribution in [0.1, 0.15) is 33.1 Å². The average Bonchev–Trinajstić information content (AvgIpc) is 3.43. The summed E-state index contributed by atoms with van der Waals surface area (Å²) in [5.74, 6) is -1.73. The molecule has 0 saturated carbocycles. The molecule has 3 aliphatic rings. The van der Waals surface area contributed by atoms with Crippen molar-refractivity contribution in [2.75, 3.05) is 19.0 Å². The van der Waals surface area contributed by atoms with Crippen molar-refractivity contribution >= 4 is 46.8 Å². The molecule has 3 N–H and O–H groups in total. The molecule has 4 rings (SSSR count). The van der Waals surface area contributed by atoms with E-state index in [4.69, 9.17) is 11.6 Å². The Morgan fingerprint density at radius 3 is 2.69 bits per heavy atom. The number of halogens is 1. The van der Waals surface area contributed by atoms with E-state index in [1.54, 1.807) is 48.0 Å². The molecule has 174 valence electrons. The van der Waals surface area contributed by atoms with Crippen molar-refractivity contribution in [1.82, 2.24) is 10.2 Å². The van der Waals surface area contributed by atoms with E-state index in [0.29, 0.717) is 17.1 Å². The number of likely N-dealkylation sites (tertiary alicyclic amines) is 1. The Bertz CT molecular complexity index is 930. The number of anilines is 1. The first-order valence-corrected chi connectivity index (χ1v) is 12.4. The standard InChI is InChI=1S/C23H30ClN3O4S/c1-4-12(2)15(11-28)27-19(21(30)26-14-8-6-5-7-13(14)24)23-10-9-16(32-23)17(20(29)25-3)18(23)22(27)31/h5-8,12,15-19,28H,4,9-11H2,1-3H3,(H,25,29)(H,26,30)/t12-,15-,16+,17-,18-,19?,23?/m0/s1. The number of carbonyl (C=O) groups is 3. The number of benzene rings is 1. The minimum absolute atomic E-state index is 0.00422. The summed E-state index contributed by atoms with van der Waals surface area (Å²) in [5, 5.41) is 16.3. The quantitative estimate of drug-likeness (QED) is 0.558. The number of para-hydroxylation sites is 1. The number of aliphatic hydroxyl groups excluding tert-OH is 1. The van der Waals surface area contributed by atoms with Crippen molar-refractivity contribution in [3.05, 3.63) is 29.3 Å². The molecule has 0 aromatic heterocycles. The second-order valence-electron chi connectivity index (χ2n) is 9.02. The number of aliphatic hydroxyl groups is 1. The third-order valence-electron chi connectivity index (χ3n) is 7.51. The zero-order valence-electron chi connectivity index (χ0n) is 18.5. The summed E-state index contributed by atoms with van der Waals surface area (Å²) in [6.45, 7) is 3.74. The first kappa shape index (κ1) is 23.4. The maximum atomic E-state index is 13.9. The van der Waals surface area contributed by atoms with Crippen LogP contribution in [0.4, 0.5) is 5.69 Å². The molecule has 1 aromatic carbocycles. The minimum atomic E-state index is -0.785. The van der Waals surface area contributed by atoms with Crippen LogP contribution in [-0.4, -0.2) is 63.5 Å². The molecule has 0 aliphatic carbocycles. The van der Waals surface area contributed by atoms with Gasteiger partial charge in [0.1, 0.15) is 6.04 Å². The fourth-order valence-corrected chi connectivity index (χ4v) is 8.18. The number of nitrogens with one attached hydrogen (secondary N) is 2. The Hall–Kier alpha value is -1.77. The summed E-state index contributed by atoms with van der Waals surface area (Å²) in [5.41, 5.74) is 0.482. The molecule has 3 aliphatic heterocycles. The number of fused-ring (bicyclic) bond motifs is 1. The van der Waals surface area contributed by atoms with Gasteiger partial charge in [-0.15, -0.1) is 11.8 Å². The van der Waals surface area contributed by atoms with Gasteiger partial charge in [0.2, 0.25) is 17.7 Å². The maximum Gasteiger partial charge on any atom is 0.248 e. The predicted molar refractivity (Wildman–Crippen MR) is 125 cm³/mol. The van der Waals surface area contributed by atoms with Gasteiger partial charge in [-0.1, -0.05) is 44.0 Å². The molecule has 3 saturated heterocycles. The Balaban J connectivity index is 1.78. The molecule has 2 bridgehead atoms. The lowest BCUT2D eigenvalue weighted by molar-refractivity contribution is -0.143. The van der Waals surface area contributed by atoms with Crippen LogP contribution in [-0.2, 0) is 14.4 Å². The lowest BCUT2D eigenvalue weighted by Gasteiger charge is -2.39. The highest BCUT2D eigenvalue weighted by atomic mass is 35.5. The zero-order chi connectivity index (χ0) is 23.2. The van der Waals surface area contributed by atoms with Crippen LogP contribution in [0.25, 0.3) is 0 Å². The van der Waals surface area contributed by atoms with Crippen molar-refractivity contribution in [1.29, 1.82) is 0 Å². The first-order chi connectivity index (χ1) is 15.3. The Kier molecular flexibility index (Phi) is 6.49. The summed E-state index contributed by atoms with van der Waals surface area (Å²) >= 11 is 7.89. The van der Waals surface area contributed by atoms with Gasteiger partial charge in [-0.05, 0) is 30.9 Å². The zero-order valence-corrected chi connectivity index (χ0v) is 20.1. The van der Waals surface area contributed by atoms with Crippen LogP contribution in [0.5, 0.6) is 0 Å². The Morgan fingerprint density at radius 1 is 1.34 bits per heavy atom. The van der Waals surface area contributed by atoms with Crippen LogP contribution >= 0.6 is 23.4 Å². The molecule has 32 heavy (non-hydrogen) atoms. The third-order valence-corrected chi connectivity index (χ3v) is 9.79. The van der Waals surface area contributed by atoms with E-state index >= 15 is 0 Å². The summed E-state index contributed by atoms with van der Waals surface area (Å²) in [6.07, 6.45) is 2.21. The lowest BCUT2D eigenvalue weighted by atomic mass is 9.70. The molecule has 1 spiro atoms. The largest absolute Gasteiger partial charge is 0.394 e. The van der Waals surface area contributed by atoms with E-state index in [2.05, 4.69) is 10.6 Å². The molecule has 7 atom stereocenters. The molecule has 9 heteroatoms. The van der Waals surface area contributed by atoms with E-state index in [9.17, 15) is 19.5 Å². The van der Waals surface area contributed by atoms with Crippen molar-refractivity contribution in [3.63, 3.8) is 0 Å². The van der Waals surface area contributed by atoms with Crippen LogP contribution in [0, 0.1) is 17.8 Å². The minimum Gasteiger partial charge on any atom is -0.394 e. The van der Waals surface area contributed by atoms with Gasteiger partial charge in [-0.3, -0.25) is 14.4 Å². The number of nitrogens with zero attached hydrogens (tertiary/aromatic N) is 1. The molecule has 3 heterocycles. The fraction of sp³-hybridized carbons (Fsp3) is 0.609. The number of rotatable bonds is 7. The summed E-state index contributed by atoms with van der Waals surface area (Å²) in [7, 11) is 1.58.